The average molecular weight is 359 g/mol. The second-order valence-electron chi connectivity index (χ2n) is 9.10. The number of anilines is 1. The van der Waals surface area contributed by atoms with Crippen molar-refractivity contribution in [1.82, 2.24) is 0 Å². The van der Waals surface area contributed by atoms with Crippen LogP contribution in [0, 0.1) is 23.6 Å². The van der Waals surface area contributed by atoms with Crippen molar-refractivity contribution in [1.29, 1.82) is 0 Å². The molecule has 1 aromatic rings. The van der Waals surface area contributed by atoms with E-state index < -0.39 is 24.1 Å². The van der Waals surface area contributed by atoms with E-state index in [1.54, 1.807) is 12.1 Å². The lowest BCUT2D eigenvalue weighted by Crippen LogP contribution is -2.41. The van der Waals surface area contributed by atoms with Crippen molar-refractivity contribution in [3.05, 3.63) is 24.0 Å². The molecule has 6 heteroatoms. The smallest absolute Gasteiger partial charge is 0.399 e. The molecule has 26 heavy (non-hydrogen) atoms. The maximum atomic E-state index is 14.7. The van der Waals surface area contributed by atoms with Crippen molar-refractivity contribution < 1.29 is 18.5 Å². The van der Waals surface area contributed by atoms with Crippen LogP contribution in [0.5, 0.6) is 0 Å². The molecular weight excluding hydrogens is 332 g/mol. The Morgan fingerprint density at radius 3 is 2.38 bits per heavy atom. The SMILES string of the molecule is CC1(C)OB(c2ccc(NC(=O)[C@H]3C[C@H]4CC[C@@H]3C4)cc2F)OC1(C)C. The van der Waals surface area contributed by atoms with Gasteiger partial charge in [0.25, 0.3) is 0 Å². The van der Waals surface area contributed by atoms with E-state index >= 15 is 0 Å². The minimum Gasteiger partial charge on any atom is -0.399 e. The fourth-order valence-corrected chi connectivity index (χ4v) is 4.57. The molecule has 4 nitrogen and oxygen atoms in total. The lowest BCUT2D eigenvalue weighted by molar-refractivity contribution is -0.121. The van der Waals surface area contributed by atoms with Crippen LogP contribution < -0.4 is 10.8 Å². The Labute approximate surface area is 155 Å². The molecule has 3 atom stereocenters. The van der Waals surface area contributed by atoms with E-state index in [0.717, 1.165) is 12.8 Å². The first-order valence-electron chi connectivity index (χ1n) is 9.62. The highest BCUT2D eigenvalue weighted by atomic mass is 19.1. The van der Waals surface area contributed by atoms with Gasteiger partial charge in [-0.3, -0.25) is 4.79 Å². The van der Waals surface area contributed by atoms with Crippen LogP contribution in [0.1, 0.15) is 53.4 Å². The molecule has 0 radical (unpaired) electrons. The van der Waals surface area contributed by atoms with Crippen LogP contribution in [0.25, 0.3) is 0 Å². The van der Waals surface area contributed by atoms with Crippen molar-refractivity contribution >= 4 is 24.2 Å². The molecule has 1 aromatic carbocycles. The van der Waals surface area contributed by atoms with Crippen LogP contribution in [0.4, 0.5) is 10.1 Å². The molecule has 1 aliphatic heterocycles. The molecule has 1 saturated heterocycles. The highest BCUT2D eigenvalue weighted by molar-refractivity contribution is 6.62. The van der Waals surface area contributed by atoms with E-state index in [9.17, 15) is 9.18 Å². The highest BCUT2D eigenvalue weighted by Crippen LogP contribution is 2.48. The Morgan fingerprint density at radius 2 is 1.85 bits per heavy atom. The van der Waals surface area contributed by atoms with Crippen LogP contribution in [0.3, 0.4) is 0 Å². The van der Waals surface area contributed by atoms with Crippen molar-refractivity contribution in [2.75, 3.05) is 5.32 Å². The van der Waals surface area contributed by atoms with Gasteiger partial charge in [0.2, 0.25) is 5.91 Å². The predicted molar refractivity (Wildman–Crippen MR) is 99.7 cm³/mol. The highest BCUT2D eigenvalue weighted by Gasteiger charge is 2.52. The lowest BCUT2D eigenvalue weighted by atomic mass is 9.78. The Kier molecular flexibility index (Phi) is 4.19. The van der Waals surface area contributed by atoms with Gasteiger partial charge >= 0.3 is 7.12 Å². The Balaban J connectivity index is 1.46. The summed E-state index contributed by atoms with van der Waals surface area (Å²) in [5.74, 6) is 0.904. The number of benzene rings is 1. The molecule has 140 valence electrons. The number of fused-ring (bicyclic) bond motifs is 2. The first kappa shape index (κ1) is 18.0. The van der Waals surface area contributed by atoms with Gasteiger partial charge in [-0.05, 0) is 70.9 Å². The summed E-state index contributed by atoms with van der Waals surface area (Å²) in [7, 11) is -0.740. The van der Waals surface area contributed by atoms with Gasteiger partial charge in [-0.2, -0.15) is 0 Å². The van der Waals surface area contributed by atoms with E-state index in [-0.39, 0.29) is 11.8 Å². The quantitative estimate of drug-likeness (QED) is 0.841. The van der Waals surface area contributed by atoms with Gasteiger partial charge < -0.3 is 14.6 Å². The van der Waals surface area contributed by atoms with Gasteiger partial charge in [-0.15, -0.1) is 0 Å². The third-order valence-electron chi connectivity index (χ3n) is 6.85. The molecule has 2 aliphatic carbocycles. The summed E-state index contributed by atoms with van der Waals surface area (Å²) >= 11 is 0. The zero-order valence-corrected chi connectivity index (χ0v) is 16.0. The van der Waals surface area contributed by atoms with Gasteiger partial charge in [-0.1, -0.05) is 12.5 Å². The summed E-state index contributed by atoms with van der Waals surface area (Å²) in [6.45, 7) is 7.76. The fourth-order valence-electron chi connectivity index (χ4n) is 4.57. The van der Waals surface area contributed by atoms with Gasteiger partial charge in [0.15, 0.2) is 0 Å². The number of hydrogen-bond acceptors (Lipinski definition) is 3. The first-order valence-corrected chi connectivity index (χ1v) is 9.62. The molecule has 3 fully saturated rings. The average Bonchev–Trinajstić information content (AvgIpc) is 3.21. The molecule has 0 unspecified atom stereocenters. The molecule has 2 saturated carbocycles. The van der Waals surface area contributed by atoms with Crippen LogP contribution in [0.15, 0.2) is 18.2 Å². The second-order valence-corrected chi connectivity index (χ2v) is 9.10. The fraction of sp³-hybridized carbons (Fsp3) is 0.650. The molecule has 0 aromatic heterocycles. The predicted octanol–water partition coefficient (Wildman–Crippen LogP) is 3.50. The van der Waals surface area contributed by atoms with E-state index in [0.29, 0.717) is 23.0 Å². The van der Waals surface area contributed by atoms with Gasteiger partial charge in [0, 0.05) is 17.1 Å². The number of nitrogens with one attached hydrogen (secondary N) is 1. The standard InChI is InChI=1S/C20H27BFNO3/c1-19(2)20(3,4)26-21(25-19)16-8-7-14(11-17(16)22)23-18(24)15-10-12-5-6-13(15)9-12/h7-8,11-13,15H,5-6,9-10H2,1-4H3,(H,23,24)/t12-,13+,15-/m0/s1. The molecule has 1 N–H and O–H groups in total. The lowest BCUT2D eigenvalue weighted by Gasteiger charge is -2.32. The van der Waals surface area contributed by atoms with Crippen LogP contribution in [-0.2, 0) is 14.1 Å². The molecule has 2 bridgehead atoms. The van der Waals surface area contributed by atoms with Crippen LogP contribution >= 0.6 is 0 Å². The summed E-state index contributed by atoms with van der Waals surface area (Å²) < 4.78 is 26.5. The third kappa shape index (κ3) is 2.97. The number of hydrogen-bond donors (Lipinski definition) is 1. The number of rotatable bonds is 3. The van der Waals surface area contributed by atoms with Crippen molar-refractivity contribution in [2.45, 2.75) is 64.6 Å². The number of carbonyl (C=O) groups is 1. The zero-order chi connectivity index (χ0) is 18.7. The summed E-state index contributed by atoms with van der Waals surface area (Å²) in [4.78, 5) is 12.5. The Morgan fingerprint density at radius 1 is 1.15 bits per heavy atom. The first-order chi connectivity index (χ1) is 12.2. The number of carbonyl (C=O) groups excluding carboxylic acids is 1. The molecule has 3 aliphatic rings. The normalized spacial score (nSPS) is 31.4. The maximum absolute atomic E-state index is 14.7. The van der Waals surface area contributed by atoms with Crippen molar-refractivity contribution in [3.63, 3.8) is 0 Å². The molecular formula is C20H27BFNO3. The van der Waals surface area contributed by atoms with Crippen LogP contribution in [-0.4, -0.2) is 24.2 Å². The second kappa shape index (κ2) is 6.06. The molecule has 1 heterocycles. The molecule has 0 spiro atoms. The largest absolute Gasteiger partial charge is 0.497 e. The van der Waals surface area contributed by atoms with Crippen molar-refractivity contribution in [2.24, 2.45) is 17.8 Å². The summed E-state index contributed by atoms with van der Waals surface area (Å²) in [6, 6.07) is 4.74. The maximum Gasteiger partial charge on any atom is 0.497 e. The molecule has 4 rings (SSSR count). The third-order valence-corrected chi connectivity index (χ3v) is 6.85. The topological polar surface area (TPSA) is 47.6 Å². The Hall–Kier alpha value is -1.40. The monoisotopic (exact) mass is 359 g/mol. The number of amides is 1. The molecule has 1 amide bonds. The van der Waals surface area contributed by atoms with Crippen molar-refractivity contribution in [3.8, 4) is 0 Å². The summed E-state index contributed by atoms with van der Waals surface area (Å²) in [6.07, 6.45) is 4.56. The van der Waals surface area contributed by atoms with E-state index in [2.05, 4.69) is 5.32 Å². The van der Waals surface area contributed by atoms with E-state index in [1.165, 1.54) is 18.9 Å². The minimum absolute atomic E-state index is 0.0278. The van der Waals surface area contributed by atoms with Gasteiger partial charge in [-0.25, -0.2) is 4.39 Å². The summed E-state index contributed by atoms with van der Waals surface area (Å²) in [5.41, 5.74) is -0.172. The summed E-state index contributed by atoms with van der Waals surface area (Å²) in [5, 5.41) is 2.90. The number of halogens is 1. The Bertz CT molecular complexity index is 720. The van der Waals surface area contributed by atoms with Gasteiger partial charge in [0.05, 0.1) is 11.2 Å². The minimum atomic E-state index is -0.740. The van der Waals surface area contributed by atoms with E-state index in [4.69, 9.17) is 9.31 Å². The zero-order valence-electron chi connectivity index (χ0n) is 16.0. The van der Waals surface area contributed by atoms with E-state index in [1.807, 2.05) is 27.7 Å². The van der Waals surface area contributed by atoms with Gasteiger partial charge in [0.1, 0.15) is 5.82 Å². The van der Waals surface area contributed by atoms with Crippen LogP contribution in [0.2, 0.25) is 0 Å².